The molecule has 9 heteroatoms. The Hall–Kier alpha value is -3.39. The highest BCUT2D eigenvalue weighted by molar-refractivity contribution is 6.32. The molecule has 2 N–H and O–H groups in total. The molecule has 1 unspecified atom stereocenters. The molecule has 1 amide bonds. The van der Waals surface area contributed by atoms with Crippen molar-refractivity contribution in [1.82, 2.24) is 0 Å². The molecule has 0 aliphatic rings. The van der Waals surface area contributed by atoms with E-state index in [1.54, 1.807) is 18.2 Å². The Kier molecular flexibility index (Phi) is 5.90. The van der Waals surface area contributed by atoms with E-state index >= 15 is 0 Å². The highest BCUT2D eigenvalue weighted by Crippen LogP contribution is 2.30. The van der Waals surface area contributed by atoms with Crippen molar-refractivity contribution >= 4 is 34.6 Å². The lowest BCUT2D eigenvalue weighted by atomic mass is 10.1. The number of nitrogens with one attached hydrogen (secondary N) is 2. The van der Waals surface area contributed by atoms with Crippen LogP contribution >= 0.6 is 11.6 Å². The fourth-order valence-electron chi connectivity index (χ4n) is 2.59. The second-order valence-corrected chi connectivity index (χ2v) is 6.30. The van der Waals surface area contributed by atoms with Crippen molar-refractivity contribution < 1.29 is 18.5 Å². The molecule has 28 heavy (non-hydrogen) atoms. The summed E-state index contributed by atoms with van der Waals surface area (Å²) in [6, 6.07) is 12.4. The van der Waals surface area contributed by atoms with Crippen LogP contribution in [0.5, 0.6) is 0 Å². The van der Waals surface area contributed by atoms with E-state index in [1.165, 1.54) is 42.7 Å². The molecule has 0 aliphatic carbocycles. The van der Waals surface area contributed by atoms with Crippen LogP contribution in [0.1, 0.15) is 18.2 Å². The van der Waals surface area contributed by atoms with Crippen LogP contribution in [0, 0.1) is 15.9 Å². The smallest absolute Gasteiger partial charge is 0.289 e. The first kappa shape index (κ1) is 19.4. The summed E-state index contributed by atoms with van der Waals surface area (Å²) in [5, 5.41) is 16.8. The number of benzene rings is 2. The summed E-state index contributed by atoms with van der Waals surface area (Å²) in [4.78, 5) is 22.9. The number of nitrogens with zero attached hydrogens (tertiary/aromatic N) is 1. The van der Waals surface area contributed by atoms with Crippen molar-refractivity contribution in [3.8, 4) is 0 Å². The molecule has 3 aromatic rings. The van der Waals surface area contributed by atoms with Crippen LogP contribution in [0.4, 0.5) is 21.5 Å². The van der Waals surface area contributed by atoms with Gasteiger partial charge in [0, 0.05) is 17.4 Å². The molecule has 7 nitrogen and oxygen atoms in total. The quantitative estimate of drug-likeness (QED) is 0.419. The number of hydrogen-bond acceptors (Lipinski definition) is 5. The van der Waals surface area contributed by atoms with Crippen LogP contribution in [0.2, 0.25) is 5.02 Å². The zero-order chi connectivity index (χ0) is 20.1. The summed E-state index contributed by atoms with van der Waals surface area (Å²) in [5.41, 5.74) is 0.611. The van der Waals surface area contributed by atoms with Crippen molar-refractivity contribution in [3.63, 3.8) is 0 Å². The largest absolute Gasteiger partial charge is 0.467 e. The third-order valence-electron chi connectivity index (χ3n) is 3.89. The number of amides is 1. The highest BCUT2D eigenvalue weighted by Gasteiger charge is 2.21. The molecule has 0 fully saturated rings. The third-order valence-corrected chi connectivity index (χ3v) is 4.21. The molecule has 3 rings (SSSR count). The van der Waals surface area contributed by atoms with Gasteiger partial charge in [-0.05, 0) is 48.5 Å². The van der Waals surface area contributed by atoms with Gasteiger partial charge in [-0.3, -0.25) is 14.9 Å². The summed E-state index contributed by atoms with van der Waals surface area (Å²) in [5.74, 6) is -0.270. The van der Waals surface area contributed by atoms with Gasteiger partial charge in [-0.25, -0.2) is 4.39 Å². The Bertz CT molecular complexity index is 977. The van der Waals surface area contributed by atoms with Gasteiger partial charge in [0.05, 0.1) is 23.6 Å². The molecule has 1 heterocycles. The van der Waals surface area contributed by atoms with Gasteiger partial charge in [0.1, 0.15) is 16.6 Å². The van der Waals surface area contributed by atoms with Gasteiger partial charge >= 0.3 is 0 Å². The molecule has 0 radical (unpaired) electrons. The topological polar surface area (TPSA) is 97.4 Å². The van der Waals surface area contributed by atoms with Crippen LogP contribution in [-0.4, -0.2) is 10.8 Å². The predicted octanol–water partition coefficient (Wildman–Crippen LogP) is 5.16. The van der Waals surface area contributed by atoms with Crippen molar-refractivity contribution in [1.29, 1.82) is 0 Å². The Morgan fingerprint density at radius 2 is 1.89 bits per heavy atom. The van der Waals surface area contributed by atoms with Crippen molar-refractivity contribution in [2.45, 2.75) is 12.5 Å². The zero-order valence-electron chi connectivity index (χ0n) is 14.4. The van der Waals surface area contributed by atoms with Gasteiger partial charge in [-0.1, -0.05) is 11.6 Å². The Morgan fingerprint density at radius 1 is 1.18 bits per heavy atom. The first-order chi connectivity index (χ1) is 13.4. The number of halogens is 2. The van der Waals surface area contributed by atoms with Gasteiger partial charge in [0.15, 0.2) is 0 Å². The molecule has 2 aromatic carbocycles. The molecule has 1 atom stereocenters. The molecule has 0 saturated carbocycles. The van der Waals surface area contributed by atoms with Gasteiger partial charge < -0.3 is 15.1 Å². The number of nitro benzene ring substituents is 1. The first-order valence-corrected chi connectivity index (χ1v) is 8.59. The summed E-state index contributed by atoms with van der Waals surface area (Å²) >= 11 is 5.83. The zero-order valence-corrected chi connectivity index (χ0v) is 15.2. The molecule has 1 aromatic heterocycles. The summed E-state index contributed by atoms with van der Waals surface area (Å²) < 4.78 is 18.4. The highest BCUT2D eigenvalue weighted by atomic mass is 35.5. The maximum absolute atomic E-state index is 13.0. The lowest BCUT2D eigenvalue weighted by molar-refractivity contribution is -0.384. The number of hydrogen-bond donors (Lipinski definition) is 2. The van der Waals surface area contributed by atoms with E-state index in [0.717, 1.165) is 0 Å². The van der Waals surface area contributed by atoms with Gasteiger partial charge in [-0.2, -0.15) is 0 Å². The van der Waals surface area contributed by atoms with Crippen molar-refractivity contribution in [3.05, 3.63) is 87.6 Å². The van der Waals surface area contributed by atoms with Gasteiger partial charge in [-0.15, -0.1) is 0 Å². The van der Waals surface area contributed by atoms with E-state index in [-0.39, 0.29) is 23.0 Å². The molecular formula is C19H15ClFN3O4. The summed E-state index contributed by atoms with van der Waals surface area (Å²) in [6.07, 6.45) is 1.44. The molecule has 144 valence electrons. The minimum Gasteiger partial charge on any atom is -0.467 e. The van der Waals surface area contributed by atoms with E-state index < -0.39 is 16.8 Å². The molecule has 0 spiro atoms. The fourth-order valence-corrected chi connectivity index (χ4v) is 2.77. The van der Waals surface area contributed by atoms with Gasteiger partial charge in [0.2, 0.25) is 5.91 Å². The Balaban J connectivity index is 1.76. The lowest BCUT2D eigenvalue weighted by Crippen LogP contribution is -2.20. The van der Waals surface area contributed by atoms with E-state index in [2.05, 4.69) is 10.6 Å². The van der Waals surface area contributed by atoms with Crippen LogP contribution in [0.25, 0.3) is 0 Å². The minimum atomic E-state index is -0.587. The van der Waals surface area contributed by atoms with E-state index in [9.17, 15) is 19.3 Å². The number of rotatable bonds is 7. The predicted molar refractivity (Wildman–Crippen MR) is 103 cm³/mol. The van der Waals surface area contributed by atoms with Gasteiger partial charge in [0.25, 0.3) is 5.69 Å². The van der Waals surface area contributed by atoms with Crippen LogP contribution in [-0.2, 0) is 4.79 Å². The van der Waals surface area contributed by atoms with Crippen LogP contribution in [0.3, 0.4) is 0 Å². The molecule has 0 saturated heterocycles. The first-order valence-electron chi connectivity index (χ1n) is 8.21. The average molecular weight is 404 g/mol. The maximum Gasteiger partial charge on any atom is 0.289 e. The van der Waals surface area contributed by atoms with E-state index in [0.29, 0.717) is 17.1 Å². The van der Waals surface area contributed by atoms with Crippen molar-refractivity contribution in [2.75, 3.05) is 10.6 Å². The van der Waals surface area contributed by atoms with E-state index in [4.69, 9.17) is 16.0 Å². The number of carbonyl (C=O) groups is 1. The van der Waals surface area contributed by atoms with Crippen LogP contribution in [0.15, 0.2) is 65.3 Å². The minimum absolute atomic E-state index is 0.0131. The number of anilines is 2. The van der Waals surface area contributed by atoms with E-state index in [1.807, 2.05) is 0 Å². The monoisotopic (exact) mass is 403 g/mol. The van der Waals surface area contributed by atoms with Crippen LogP contribution < -0.4 is 10.6 Å². The maximum atomic E-state index is 13.0. The van der Waals surface area contributed by atoms with Crippen molar-refractivity contribution in [2.24, 2.45) is 0 Å². The normalized spacial score (nSPS) is 11.6. The second-order valence-electron chi connectivity index (χ2n) is 5.89. The second kappa shape index (κ2) is 8.53. The fraction of sp³-hybridized carbons (Fsp3) is 0.105. The summed E-state index contributed by atoms with van der Waals surface area (Å²) in [7, 11) is 0. The standard InChI is InChI=1S/C19H15ClFN3O4/c20-15-8-7-14(10-17(15)24(26)27)22-16(18-2-1-9-28-18)11-19(25)23-13-5-3-12(21)4-6-13/h1-10,16,22H,11H2,(H,23,25). The number of carbonyl (C=O) groups excluding carboxylic acids is 1. The average Bonchev–Trinajstić information content (AvgIpc) is 3.19. The molecular weight excluding hydrogens is 389 g/mol. The molecule has 0 aliphatic heterocycles. The lowest BCUT2D eigenvalue weighted by Gasteiger charge is -2.18. The SMILES string of the molecule is O=C(CC(Nc1ccc(Cl)c([N+](=O)[O-])c1)c1ccco1)Nc1ccc(F)cc1. The Labute approximate surface area is 164 Å². The third kappa shape index (κ3) is 4.86. The Morgan fingerprint density at radius 3 is 2.54 bits per heavy atom. The number of furan rings is 1. The summed E-state index contributed by atoms with van der Waals surface area (Å²) in [6.45, 7) is 0. The number of nitro groups is 1. The molecule has 0 bridgehead atoms.